The summed E-state index contributed by atoms with van der Waals surface area (Å²) < 4.78 is 6.37. The summed E-state index contributed by atoms with van der Waals surface area (Å²) in [6.45, 7) is 5.13. The van der Waals surface area contributed by atoms with Crippen LogP contribution in [-0.4, -0.2) is 69.8 Å². The third-order valence-electron chi connectivity index (χ3n) is 5.27. The molecule has 1 aromatic rings. The maximum atomic E-state index is 12.3. The van der Waals surface area contributed by atoms with E-state index in [2.05, 4.69) is 20.1 Å². The topological polar surface area (TPSA) is 96.8 Å². The molecule has 3 rings (SSSR count). The van der Waals surface area contributed by atoms with Crippen LogP contribution in [0.15, 0.2) is 12.4 Å². The van der Waals surface area contributed by atoms with Crippen LogP contribution in [0.2, 0.25) is 0 Å². The first-order chi connectivity index (χ1) is 12.5. The molecule has 3 amide bonds. The molecular weight excluding hydrogens is 338 g/mol. The molecule has 2 aliphatic heterocycles. The molecular formula is C17H25N5O4. The van der Waals surface area contributed by atoms with Crippen LogP contribution in [0, 0.1) is 0 Å². The predicted octanol–water partition coefficient (Wildman–Crippen LogP) is 0.353. The van der Waals surface area contributed by atoms with E-state index in [0.717, 1.165) is 25.2 Å². The summed E-state index contributed by atoms with van der Waals surface area (Å²) in [5, 5.41) is 6.72. The average Bonchev–Trinajstić information content (AvgIpc) is 3.17. The predicted molar refractivity (Wildman–Crippen MR) is 92.0 cm³/mol. The molecule has 3 heterocycles. The van der Waals surface area contributed by atoms with Crippen LogP contribution in [0.25, 0.3) is 0 Å². The second kappa shape index (κ2) is 7.45. The number of hydrogen-bond donors (Lipinski definition) is 1. The lowest BCUT2D eigenvalue weighted by Crippen LogP contribution is -2.56. The molecule has 0 radical (unpaired) electrons. The lowest BCUT2D eigenvalue weighted by Gasteiger charge is -2.41. The summed E-state index contributed by atoms with van der Waals surface area (Å²) in [5.41, 5.74) is 0.373. The number of rotatable bonds is 6. The highest BCUT2D eigenvalue weighted by molar-refractivity contribution is 6.07. The Bertz CT molecular complexity index is 693. The monoisotopic (exact) mass is 363 g/mol. The van der Waals surface area contributed by atoms with Crippen molar-refractivity contribution in [3.8, 4) is 0 Å². The van der Waals surface area contributed by atoms with Crippen molar-refractivity contribution in [3.05, 3.63) is 18.0 Å². The van der Waals surface area contributed by atoms with Gasteiger partial charge in [0.15, 0.2) is 0 Å². The van der Waals surface area contributed by atoms with Crippen molar-refractivity contribution in [2.24, 2.45) is 0 Å². The third kappa shape index (κ3) is 3.44. The Hall–Kier alpha value is -2.42. The number of esters is 1. The van der Waals surface area contributed by atoms with Gasteiger partial charge in [-0.05, 0) is 19.8 Å². The van der Waals surface area contributed by atoms with Crippen LogP contribution in [0.5, 0.6) is 0 Å². The number of carbonyl (C=O) groups is 3. The summed E-state index contributed by atoms with van der Waals surface area (Å²) in [4.78, 5) is 39.4. The molecule has 0 aliphatic carbocycles. The van der Waals surface area contributed by atoms with Crippen LogP contribution >= 0.6 is 0 Å². The highest BCUT2D eigenvalue weighted by Gasteiger charge is 2.53. The van der Waals surface area contributed by atoms with Crippen molar-refractivity contribution in [1.29, 1.82) is 0 Å². The minimum atomic E-state index is -0.687. The van der Waals surface area contributed by atoms with Gasteiger partial charge < -0.3 is 9.64 Å². The van der Waals surface area contributed by atoms with Crippen LogP contribution in [0.4, 0.5) is 4.79 Å². The largest absolute Gasteiger partial charge is 0.469 e. The van der Waals surface area contributed by atoms with Gasteiger partial charge in [0.05, 0.1) is 26.3 Å². The number of hydrogen-bond acceptors (Lipinski definition) is 6. The fraction of sp³-hybridized carbons (Fsp3) is 0.647. The molecule has 1 N–H and O–H groups in total. The number of methoxy groups -OCH3 is 1. The van der Waals surface area contributed by atoms with E-state index in [9.17, 15) is 14.4 Å². The van der Waals surface area contributed by atoms with E-state index in [0.29, 0.717) is 32.4 Å². The molecule has 26 heavy (non-hydrogen) atoms. The Morgan fingerprint density at radius 2 is 2.08 bits per heavy atom. The first-order valence-electron chi connectivity index (χ1n) is 8.92. The van der Waals surface area contributed by atoms with E-state index in [1.807, 2.05) is 13.1 Å². The minimum absolute atomic E-state index is 0.167. The zero-order valence-electron chi connectivity index (χ0n) is 15.2. The normalized spacial score (nSPS) is 19.8. The molecule has 9 nitrogen and oxygen atoms in total. The fourth-order valence-corrected chi connectivity index (χ4v) is 3.80. The molecule has 1 spiro atoms. The van der Waals surface area contributed by atoms with Gasteiger partial charge in [0.2, 0.25) is 0 Å². The molecule has 0 bridgehead atoms. The minimum Gasteiger partial charge on any atom is -0.469 e. The lowest BCUT2D eigenvalue weighted by atomic mass is 9.86. The van der Waals surface area contributed by atoms with Crippen LogP contribution < -0.4 is 5.32 Å². The number of urea groups is 1. The fourth-order valence-electron chi connectivity index (χ4n) is 3.80. The summed E-state index contributed by atoms with van der Waals surface area (Å²) in [7, 11) is 1.37. The van der Waals surface area contributed by atoms with Gasteiger partial charge in [0, 0.05) is 37.9 Å². The summed E-state index contributed by atoms with van der Waals surface area (Å²) in [6, 6.07) is -0.280. The first-order valence-corrected chi connectivity index (χ1v) is 8.92. The Kier molecular flexibility index (Phi) is 5.26. The molecule has 0 unspecified atom stereocenters. The van der Waals surface area contributed by atoms with Crippen molar-refractivity contribution in [1.82, 2.24) is 24.9 Å². The maximum Gasteiger partial charge on any atom is 0.325 e. The Labute approximate surface area is 152 Å². The second-order valence-corrected chi connectivity index (χ2v) is 6.75. The molecule has 0 atom stereocenters. The third-order valence-corrected chi connectivity index (χ3v) is 5.27. The summed E-state index contributed by atoms with van der Waals surface area (Å²) in [6.07, 6.45) is 5.28. The van der Waals surface area contributed by atoms with E-state index in [-0.39, 0.29) is 17.9 Å². The van der Waals surface area contributed by atoms with Crippen LogP contribution in [-0.2, 0) is 27.4 Å². The number of likely N-dealkylation sites (N-methyl/N-ethyl adjacent to an activating group) is 1. The quantitative estimate of drug-likeness (QED) is 0.579. The Morgan fingerprint density at radius 3 is 2.73 bits per heavy atom. The second-order valence-electron chi connectivity index (χ2n) is 6.75. The van der Waals surface area contributed by atoms with E-state index >= 15 is 0 Å². The van der Waals surface area contributed by atoms with Gasteiger partial charge in [0.25, 0.3) is 5.91 Å². The van der Waals surface area contributed by atoms with Crippen molar-refractivity contribution in [2.45, 2.75) is 44.8 Å². The number of carbonyl (C=O) groups excluding carboxylic acids is 3. The highest BCUT2D eigenvalue weighted by atomic mass is 16.5. The molecule has 1 aromatic heterocycles. The number of nitrogens with zero attached hydrogens (tertiary/aromatic N) is 4. The standard InChI is InChI=1S/C17H25N5O4/c1-3-22-16(25)19-15(24)17(22)5-8-20(9-6-17)11-13-10-18-21(12-13)7-4-14(23)26-2/h10,12H,3-9,11H2,1-2H3,(H,19,24,25). The number of nitrogens with one attached hydrogen (secondary N) is 1. The molecule has 0 saturated carbocycles. The van der Waals surface area contributed by atoms with E-state index in [4.69, 9.17) is 0 Å². The highest BCUT2D eigenvalue weighted by Crippen LogP contribution is 2.33. The van der Waals surface area contributed by atoms with Crippen molar-refractivity contribution >= 4 is 17.9 Å². The molecule has 9 heteroatoms. The number of piperidine rings is 1. The van der Waals surface area contributed by atoms with Crippen LogP contribution in [0.1, 0.15) is 31.7 Å². The van der Waals surface area contributed by atoms with E-state index < -0.39 is 5.54 Å². The van der Waals surface area contributed by atoms with Gasteiger partial charge in [-0.3, -0.25) is 24.5 Å². The zero-order chi connectivity index (χ0) is 18.7. The van der Waals surface area contributed by atoms with Crippen molar-refractivity contribution in [3.63, 3.8) is 0 Å². The lowest BCUT2D eigenvalue weighted by molar-refractivity contribution is -0.140. The van der Waals surface area contributed by atoms with Gasteiger partial charge >= 0.3 is 12.0 Å². The van der Waals surface area contributed by atoms with Gasteiger partial charge in [-0.15, -0.1) is 0 Å². The molecule has 2 aliphatic rings. The van der Waals surface area contributed by atoms with Crippen molar-refractivity contribution < 1.29 is 19.1 Å². The van der Waals surface area contributed by atoms with Gasteiger partial charge in [-0.1, -0.05) is 0 Å². The number of aromatic nitrogens is 2. The van der Waals surface area contributed by atoms with Gasteiger partial charge in [-0.25, -0.2) is 4.79 Å². The average molecular weight is 363 g/mol. The number of aryl methyl sites for hydroxylation is 1. The van der Waals surface area contributed by atoms with E-state index in [1.54, 1.807) is 15.8 Å². The van der Waals surface area contributed by atoms with Crippen molar-refractivity contribution in [2.75, 3.05) is 26.7 Å². The number of imide groups is 1. The molecule has 0 aromatic carbocycles. The summed E-state index contributed by atoms with van der Waals surface area (Å²) in [5.74, 6) is -0.423. The Balaban J connectivity index is 1.55. The number of likely N-dealkylation sites (tertiary alicyclic amines) is 1. The smallest absolute Gasteiger partial charge is 0.325 e. The van der Waals surface area contributed by atoms with Crippen LogP contribution in [0.3, 0.4) is 0 Å². The first kappa shape index (κ1) is 18.4. The molecule has 142 valence electrons. The summed E-state index contributed by atoms with van der Waals surface area (Å²) >= 11 is 0. The van der Waals surface area contributed by atoms with Gasteiger partial charge in [-0.2, -0.15) is 5.10 Å². The maximum absolute atomic E-state index is 12.3. The van der Waals surface area contributed by atoms with Gasteiger partial charge in [0.1, 0.15) is 5.54 Å². The zero-order valence-corrected chi connectivity index (χ0v) is 15.2. The molecule has 2 fully saturated rings. The number of amides is 3. The number of ether oxygens (including phenoxy) is 1. The SMILES string of the molecule is CCN1C(=O)NC(=O)C12CCN(Cc1cnn(CCC(=O)OC)c1)CC2. The van der Waals surface area contributed by atoms with E-state index in [1.165, 1.54) is 7.11 Å². The molecule has 2 saturated heterocycles. The Morgan fingerprint density at radius 1 is 1.35 bits per heavy atom.